The SMILES string of the molecule is CCCO.CCC[O-].CCC[O-].[O-2].[O-2].[O-2].[O-]c1ccccc1-c1nnc(Nc2ccccc2)s1.[O-]c1ccccc1-c1nnc(Nc2ccccc2)s1.[V].[V]. The van der Waals surface area contributed by atoms with E-state index in [2.05, 4.69) is 31.0 Å². The fourth-order valence-corrected chi connectivity index (χ4v) is 4.93. The molecule has 18 heteroatoms. The minimum atomic E-state index is -0.0371. The van der Waals surface area contributed by atoms with Crippen molar-refractivity contribution in [3.63, 3.8) is 0 Å². The van der Waals surface area contributed by atoms with Gasteiger partial charge in [-0.15, -0.1) is 33.6 Å². The molecule has 0 amide bonds. The zero-order valence-corrected chi connectivity index (χ0v) is 34.9. The minimum absolute atomic E-state index is 0. The normalized spacial score (nSPS) is 8.76. The number of nitrogens with zero attached hydrogens (tertiary/aromatic N) is 4. The number of anilines is 4. The summed E-state index contributed by atoms with van der Waals surface area (Å²) >= 11 is 2.72. The molecule has 0 atom stereocenters. The van der Waals surface area contributed by atoms with Crippen LogP contribution in [-0.4, -0.2) is 45.3 Å². The van der Waals surface area contributed by atoms with E-state index in [9.17, 15) is 20.4 Å². The standard InChI is InChI=1S/2C14H11N3OS.C3H8O.2C3H7O.3O.2V/c2*18-12-9-5-4-8-11(12)13-16-17-14(19-13)15-10-6-2-1-3-7-10;3*1-2-3-4;;;;;/h2*1-9,18H,(H,15,17);4H,2-3H2,1H3;2*2-3H2,1H3;;;;;/q;;;2*-1;3*-2;;/p-2. The maximum absolute atomic E-state index is 11.7. The Hall–Kier alpha value is -3.87. The third-order valence-corrected chi connectivity index (χ3v) is 7.51. The summed E-state index contributed by atoms with van der Waals surface area (Å²) in [5.41, 5.74) is 3.06. The number of nitrogens with one attached hydrogen (secondary N) is 2. The Morgan fingerprint density at radius 3 is 1.07 bits per heavy atom. The van der Waals surface area contributed by atoms with Crippen molar-refractivity contribution in [2.75, 3.05) is 30.5 Å². The maximum Gasteiger partial charge on any atom is 0.210 e. The van der Waals surface area contributed by atoms with Crippen molar-refractivity contribution in [3.8, 4) is 32.6 Å². The smallest absolute Gasteiger partial charge is 0.210 e. The Kier molecular flexibility index (Phi) is 37.7. The Morgan fingerprint density at radius 1 is 0.509 bits per heavy atom. The van der Waals surface area contributed by atoms with Gasteiger partial charge in [0.15, 0.2) is 0 Å². The monoisotopic (exact) mass is 864 g/mol. The molecular weight excluding hydrogens is 822 g/mol. The van der Waals surface area contributed by atoms with Crippen LogP contribution < -0.4 is 31.1 Å². The zero-order valence-electron chi connectivity index (χ0n) is 30.4. The molecule has 4 aromatic carbocycles. The summed E-state index contributed by atoms with van der Waals surface area (Å²) in [5, 5.41) is 75.0. The molecule has 0 bridgehead atoms. The Bertz CT molecular complexity index is 1610. The number of aliphatic hydroxyl groups excluding tert-OH is 1. The molecule has 3 N–H and O–H groups in total. The topological polar surface area (TPSA) is 274 Å². The molecule has 0 aliphatic rings. The van der Waals surface area contributed by atoms with E-state index in [1.807, 2.05) is 93.6 Å². The van der Waals surface area contributed by atoms with Gasteiger partial charge in [-0.2, -0.15) is 0 Å². The van der Waals surface area contributed by atoms with Crippen LogP contribution in [-0.2, 0) is 53.5 Å². The van der Waals surface area contributed by atoms with E-state index in [4.69, 9.17) is 5.11 Å². The van der Waals surface area contributed by atoms with E-state index >= 15 is 0 Å². The largest absolute Gasteiger partial charge is 2.00 e. The molecule has 0 aliphatic carbocycles. The molecule has 6 aromatic rings. The molecule has 2 heterocycles. The third kappa shape index (κ3) is 23.0. The average molecular weight is 865 g/mol. The molecule has 2 aromatic heterocycles. The van der Waals surface area contributed by atoms with E-state index in [1.54, 1.807) is 24.3 Å². The van der Waals surface area contributed by atoms with Crippen molar-refractivity contribution in [3.05, 3.63) is 109 Å². The second kappa shape index (κ2) is 35.8. The first-order valence-electron chi connectivity index (χ1n) is 16.0. The van der Waals surface area contributed by atoms with Crippen LogP contribution in [0.3, 0.4) is 0 Å². The first-order chi connectivity index (χ1) is 24.4. The van der Waals surface area contributed by atoms with Gasteiger partial charge >= 0.3 is 0 Å². The van der Waals surface area contributed by atoms with Crippen LogP contribution in [0.4, 0.5) is 21.6 Å². The van der Waals surface area contributed by atoms with Gasteiger partial charge in [-0.1, -0.05) is 153 Å². The molecular formula is C37H42N6O8S2V2-10. The van der Waals surface area contributed by atoms with Crippen LogP contribution in [0.2, 0.25) is 0 Å². The molecule has 0 spiro atoms. The second-order valence-electron chi connectivity index (χ2n) is 9.93. The molecule has 6 rings (SSSR count). The zero-order chi connectivity index (χ0) is 36.4. The van der Waals surface area contributed by atoms with E-state index < -0.39 is 0 Å². The second-order valence-corrected chi connectivity index (χ2v) is 11.9. The predicted octanol–water partition coefficient (Wildman–Crippen LogP) is 5.59. The van der Waals surface area contributed by atoms with E-state index in [-0.39, 0.29) is 78.3 Å². The van der Waals surface area contributed by atoms with Gasteiger partial charge in [0.2, 0.25) is 10.3 Å². The average Bonchev–Trinajstić information content (AvgIpc) is 3.83. The summed E-state index contributed by atoms with van der Waals surface area (Å²) in [6.07, 6.45) is 2.40. The van der Waals surface area contributed by atoms with E-state index in [1.165, 1.54) is 34.8 Å². The quantitative estimate of drug-likeness (QED) is 0.161. The molecule has 0 fully saturated rings. The van der Waals surface area contributed by atoms with Crippen LogP contribution in [0.5, 0.6) is 11.5 Å². The van der Waals surface area contributed by atoms with Crippen LogP contribution in [0.15, 0.2) is 109 Å². The Labute approximate surface area is 354 Å². The van der Waals surface area contributed by atoms with Crippen molar-refractivity contribution in [2.24, 2.45) is 0 Å². The van der Waals surface area contributed by atoms with Crippen LogP contribution in [0, 0.1) is 0 Å². The van der Waals surface area contributed by atoms with Gasteiger partial charge in [0.05, 0.1) is 0 Å². The molecule has 0 saturated carbocycles. The van der Waals surface area contributed by atoms with Gasteiger partial charge < -0.3 is 52.6 Å². The summed E-state index contributed by atoms with van der Waals surface area (Å²) in [4.78, 5) is 0. The summed E-state index contributed by atoms with van der Waals surface area (Å²) in [6.45, 7) is 6.12. The summed E-state index contributed by atoms with van der Waals surface area (Å²) < 4.78 is 0. The number of rotatable bonds is 9. The number of hydrogen-bond acceptors (Lipinski definition) is 13. The fourth-order valence-electron chi connectivity index (χ4n) is 3.34. The van der Waals surface area contributed by atoms with Crippen molar-refractivity contribution >= 4 is 44.3 Å². The van der Waals surface area contributed by atoms with Gasteiger partial charge in [-0.05, 0) is 30.7 Å². The van der Waals surface area contributed by atoms with Crippen molar-refractivity contribution in [1.29, 1.82) is 0 Å². The van der Waals surface area contributed by atoms with Crippen molar-refractivity contribution in [1.82, 2.24) is 20.4 Å². The van der Waals surface area contributed by atoms with Gasteiger partial charge in [0.25, 0.3) is 0 Å². The number of benzene rings is 4. The summed E-state index contributed by atoms with van der Waals surface area (Å²) in [6, 6.07) is 33.1. The predicted molar refractivity (Wildman–Crippen MR) is 199 cm³/mol. The van der Waals surface area contributed by atoms with Crippen molar-refractivity contribution < 1.29 is 79.1 Å². The van der Waals surface area contributed by atoms with Gasteiger partial charge in [-0.3, -0.25) is 0 Å². The summed E-state index contributed by atoms with van der Waals surface area (Å²) in [7, 11) is 0. The van der Waals surface area contributed by atoms with Crippen molar-refractivity contribution in [2.45, 2.75) is 40.0 Å². The molecule has 14 nitrogen and oxygen atoms in total. The molecule has 0 saturated heterocycles. The third-order valence-electron chi connectivity index (χ3n) is 5.77. The van der Waals surface area contributed by atoms with Gasteiger partial charge in [-0.25, -0.2) is 0 Å². The Morgan fingerprint density at radius 2 is 0.800 bits per heavy atom. The number of hydrogen-bond donors (Lipinski definition) is 3. The number of aromatic nitrogens is 4. The molecule has 300 valence electrons. The first-order valence-corrected chi connectivity index (χ1v) is 17.6. The first kappa shape index (κ1) is 57.8. The molecule has 0 aliphatic heterocycles. The van der Waals surface area contributed by atoms with Crippen LogP contribution in [0.25, 0.3) is 21.1 Å². The maximum atomic E-state index is 11.7. The van der Waals surface area contributed by atoms with Crippen LogP contribution in [0.1, 0.15) is 40.0 Å². The molecule has 55 heavy (non-hydrogen) atoms. The summed E-state index contributed by atoms with van der Waals surface area (Å²) in [5.74, 6) is -0.0742. The van der Waals surface area contributed by atoms with Gasteiger partial charge in [0.1, 0.15) is 10.0 Å². The van der Waals surface area contributed by atoms with E-state index in [0.29, 0.717) is 38.0 Å². The number of para-hydroxylation sites is 4. The van der Waals surface area contributed by atoms with E-state index in [0.717, 1.165) is 30.6 Å². The fraction of sp³-hybridized carbons (Fsp3) is 0.243. The molecule has 0 unspecified atom stereocenters. The Balaban J connectivity index is -0.000000342. The minimum Gasteiger partial charge on any atom is -2.00 e. The van der Waals surface area contributed by atoms with Gasteiger partial charge in [0, 0.05) is 66.2 Å². The molecule has 2 radical (unpaired) electrons. The number of aliphatic hydroxyl groups is 1. The van der Waals surface area contributed by atoms with Crippen LogP contribution >= 0.6 is 22.7 Å².